The molecule has 1 aliphatic rings. The summed E-state index contributed by atoms with van der Waals surface area (Å²) in [6, 6.07) is 15.4. The molecule has 208 valence electrons. The van der Waals surface area contributed by atoms with Crippen LogP contribution in [0.25, 0.3) is 5.00 Å². The fourth-order valence-electron chi connectivity index (χ4n) is 4.95. The molecule has 40 heavy (non-hydrogen) atoms. The van der Waals surface area contributed by atoms with Crippen LogP contribution in [0.4, 0.5) is 0 Å². The molecule has 0 fully saturated rings. The molecule has 2 heterocycles. The second kappa shape index (κ2) is 12.6. The highest BCUT2D eigenvalue weighted by Crippen LogP contribution is 2.38. The molecule has 0 saturated heterocycles. The molecular weight excluding hydrogens is 610 g/mol. The third-order valence-electron chi connectivity index (χ3n) is 6.93. The first-order valence-corrected chi connectivity index (χ1v) is 15.3. The molecule has 9 heteroatoms. The number of halogens is 2. The van der Waals surface area contributed by atoms with Crippen LogP contribution in [-0.4, -0.2) is 23.3 Å². The van der Waals surface area contributed by atoms with Gasteiger partial charge in [-0.2, -0.15) is 5.10 Å². The lowest BCUT2D eigenvalue weighted by molar-refractivity contribution is 0.0954. The van der Waals surface area contributed by atoms with Crippen molar-refractivity contribution < 1.29 is 14.3 Å². The van der Waals surface area contributed by atoms with E-state index in [0.717, 1.165) is 68.8 Å². The molecule has 1 amide bonds. The van der Waals surface area contributed by atoms with E-state index in [1.54, 1.807) is 17.6 Å². The molecule has 1 aliphatic carbocycles. The second-order valence-corrected chi connectivity index (χ2v) is 12.0. The third-order valence-corrected chi connectivity index (χ3v) is 9.26. The van der Waals surface area contributed by atoms with Gasteiger partial charge in [-0.3, -0.25) is 4.79 Å². The van der Waals surface area contributed by atoms with Crippen LogP contribution in [0.5, 0.6) is 11.5 Å². The number of aromatic nitrogens is 1. The van der Waals surface area contributed by atoms with Gasteiger partial charge in [0.15, 0.2) is 11.5 Å². The highest BCUT2D eigenvalue weighted by molar-refractivity contribution is 9.10. The number of aryl methyl sites for hydroxylation is 3. The Labute approximate surface area is 252 Å². The van der Waals surface area contributed by atoms with E-state index in [0.29, 0.717) is 29.7 Å². The van der Waals surface area contributed by atoms with Gasteiger partial charge in [-0.05, 0) is 98.3 Å². The smallest absolute Gasteiger partial charge is 0.274 e. The monoisotopic (exact) mass is 639 g/mol. The summed E-state index contributed by atoms with van der Waals surface area (Å²) < 4.78 is 14.8. The zero-order valence-corrected chi connectivity index (χ0v) is 25.9. The van der Waals surface area contributed by atoms with E-state index in [1.165, 1.54) is 4.88 Å². The van der Waals surface area contributed by atoms with Gasteiger partial charge in [0.1, 0.15) is 11.6 Å². The van der Waals surface area contributed by atoms with Crippen LogP contribution in [0.15, 0.2) is 58.1 Å². The number of hydrazone groups is 1. The molecule has 0 bridgehead atoms. The number of carbonyl (C=O) groups is 1. The van der Waals surface area contributed by atoms with Gasteiger partial charge < -0.3 is 14.0 Å². The SMILES string of the molecule is CCOc1cc(/C=N\NC(=O)c2c(-n3c(C)ccc3C)sc3c2CCCC3)c(Br)cc1OCc1ccccc1Cl. The first-order chi connectivity index (χ1) is 19.4. The lowest BCUT2D eigenvalue weighted by Crippen LogP contribution is -2.21. The summed E-state index contributed by atoms with van der Waals surface area (Å²) in [6.45, 7) is 6.84. The van der Waals surface area contributed by atoms with E-state index in [1.807, 2.05) is 43.3 Å². The van der Waals surface area contributed by atoms with Crippen molar-refractivity contribution in [2.24, 2.45) is 5.10 Å². The number of rotatable bonds is 9. The molecule has 4 aromatic rings. The highest BCUT2D eigenvalue weighted by Gasteiger charge is 2.27. The molecule has 0 saturated carbocycles. The first kappa shape index (κ1) is 28.5. The number of nitrogens with one attached hydrogen (secondary N) is 1. The highest BCUT2D eigenvalue weighted by atomic mass is 79.9. The molecule has 0 atom stereocenters. The summed E-state index contributed by atoms with van der Waals surface area (Å²) in [5.41, 5.74) is 8.53. The van der Waals surface area contributed by atoms with Crippen molar-refractivity contribution in [2.45, 2.75) is 53.1 Å². The van der Waals surface area contributed by atoms with Crippen molar-refractivity contribution in [1.82, 2.24) is 9.99 Å². The van der Waals surface area contributed by atoms with Crippen LogP contribution in [0.3, 0.4) is 0 Å². The summed E-state index contributed by atoms with van der Waals surface area (Å²) in [4.78, 5) is 14.9. The summed E-state index contributed by atoms with van der Waals surface area (Å²) >= 11 is 11.6. The number of carbonyl (C=O) groups excluding carboxylic acids is 1. The van der Waals surface area contributed by atoms with Gasteiger partial charge in [0.2, 0.25) is 0 Å². The minimum atomic E-state index is -0.195. The molecule has 2 aromatic heterocycles. The Morgan fingerprint density at radius 3 is 2.58 bits per heavy atom. The number of hydrogen-bond acceptors (Lipinski definition) is 5. The number of benzene rings is 2. The van der Waals surface area contributed by atoms with Crippen molar-refractivity contribution in [2.75, 3.05) is 6.61 Å². The molecule has 2 aromatic carbocycles. The topological polar surface area (TPSA) is 64.8 Å². The van der Waals surface area contributed by atoms with E-state index in [4.69, 9.17) is 21.1 Å². The molecule has 5 rings (SSSR count). The number of hydrogen-bond donors (Lipinski definition) is 1. The second-order valence-electron chi connectivity index (χ2n) is 9.68. The van der Waals surface area contributed by atoms with Crippen molar-refractivity contribution >= 4 is 51.0 Å². The third kappa shape index (κ3) is 5.99. The number of nitrogens with zero attached hydrogens (tertiary/aromatic N) is 2. The Kier molecular flexibility index (Phi) is 8.98. The zero-order chi connectivity index (χ0) is 28.2. The number of amides is 1. The van der Waals surface area contributed by atoms with Gasteiger partial charge in [-0.25, -0.2) is 5.43 Å². The summed E-state index contributed by atoms with van der Waals surface area (Å²) in [5.74, 6) is 0.971. The van der Waals surface area contributed by atoms with Crippen LogP contribution in [-0.2, 0) is 19.4 Å². The van der Waals surface area contributed by atoms with E-state index >= 15 is 0 Å². The van der Waals surface area contributed by atoms with E-state index < -0.39 is 0 Å². The van der Waals surface area contributed by atoms with E-state index in [2.05, 4.69) is 57.0 Å². The molecule has 0 radical (unpaired) electrons. The van der Waals surface area contributed by atoms with Crippen molar-refractivity contribution in [3.8, 4) is 16.5 Å². The first-order valence-electron chi connectivity index (χ1n) is 13.3. The minimum absolute atomic E-state index is 0.195. The fraction of sp³-hybridized carbons (Fsp3) is 0.290. The molecular formula is C31H31BrClN3O3S. The van der Waals surface area contributed by atoms with Crippen molar-refractivity contribution in [3.05, 3.63) is 96.5 Å². The van der Waals surface area contributed by atoms with Gasteiger partial charge in [-0.15, -0.1) is 11.3 Å². The fourth-order valence-corrected chi connectivity index (χ4v) is 7.07. The maximum absolute atomic E-state index is 13.6. The van der Waals surface area contributed by atoms with Crippen LogP contribution in [0.1, 0.15) is 63.1 Å². The van der Waals surface area contributed by atoms with Gasteiger partial charge >= 0.3 is 0 Å². The zero-order valence-electron chi connectivity index (χ0n) is 22.7. The van der Waals surface area contributed by atoms with Crippen LogP contribution >= 0.6 is 38.9 Å². The Bertz CT molecular complexity index is 1560. The minimum Gasteiger partial charge on any atom is -0.490 e. The van der Waals surface area contributed by atoms with Gasteiger partial charge in [0, 0.05) is 36.9 Å². The maximum Gasteiger partial charge on any atom is 0.274 e. The van der Waals surface area contributed by atoms with E-state index in [9.17, 15) is 4.79 Å². The molecule has 0 unspecified atom stereocenters. The summed E-state index contributed by atoms with van der Waals surface area (Å²) in [5, 5.41) is 5.96. The van der Waals surface area contributed by atoms with Gasteiger partial charge in [0.25, 0.3) is 5.91 Å². The Morgan fingerprint density at radius 2 is 1.82 bits per heavy atom. The van der Waals surface area contributed by atoms with Crippen LogP contribution in [0.2, 0.25) is 5.02 Å². The predicted octanol–water partition coefficient (Wildman–Crippen LogP) is 8.19. The number of thiophene rings is 1. The molecule has 1 N–H and O–H groups in total. The van der Waals surface area contributed by atoms with Crippen LogP contribution in [0, 0.1) is 13.8 Å². The average molecular weight is 641 g/mol. The van der Waals surface area contributed by atoms with Gasteiger partial charge in [-0.1, -0.05) is 29.8 Å². The largest absolute Gasteiger partial charge is 0.490 e. The molecule has 0 aliphatic heterocycles. The predicted molar refractivity (Wildman–Crippen MR) is 166 cm³/mol. The van der Waals surface area contributed by atoms with E-state index in [-0.39, 0.29) is 5.91 Å². The lowest BCUT2D eigenvalue weighted by atomic mass is 9.95. The summed E-state index contributed by atoms with van der Waals surface area (Å²) in [7, 11) is 0. The number of ether oxygens (including phenoxy) is 2. The summed E-state index contributed by atoms with van der Waals surface area (Å²) in [6.07, 6.45) is 5.79. The van der Waals surface area contributed by atoms with Crippen LogP contribution < -0.4 is 14.9 Å². The normalized spacial score (nSPS) is 12.9. The maximum atomic E-state index is 13.6. The lowest BCUT2D eigenvalue weighted by Gasteiger charge is -2.14. The Balaban J connectivity index is 1.37. The quantitative estimate of drug-likeness (QED) is 0.148. The average Bonchev–Trinajstić information content (AvgIpc) is 3.48. The Hall–Kier alpha value is -3.07. The molecule has 6 nitrogen and oxygen atoms in total. The van der Waals surface area contributed by atoms with Crippen molar-refractivity contribution in [3.63, 3.8) is 0 Å². The Morgan fingerprint density at radius 1 is 1.10 bits per heavy atom. The van der Waals surface area contributed by atoms with Gasteiger partial charge in [0.05, 0.1) is 18.4 Å². The molecule has 0 spiro atoms. The number of fused-ring (bicyclic) bond motifs is 1. The van der Waals surface area contributed by atoms with Crippen molar-refractivity contribution in [1.29, 1.82) is 0 Å². The standard InChI is InChI=1S/C31H31BrClN3O3S/c1-4-38-26-15-22(24(32)16-27(26)39-18-21-9-5-7-11-25(21)33)17-34-35-30(37)29-23-10-6-8-12-28(23)40-31(29)36-19(2)13-14-20(36)3/h5,7,9,11,13-17H,4,6,8,10,12,18H2,1-3H3,(H,35,37)/b34-17-.